The van der Waals surface area contributed by atoms with Gasteiger partial charge in [0.2, 0.25) is 0 Å². The number of ether oxygens (including phenoxy) is 2. The van der Waals surface area contributed by atoms with Gasteiger partial charge in [0.05, 0.1) is 29.8 Å². The molecule has 29 heavy (non-hydrogen) atoms. The fourth-order valence-corrected chi connectivity index (χ4v) is 6.93. The van der Waals surface area contributed by atoms with Crippen molar-refractivity contribution in [3.05, 3.63) is 11.1 Å². The highest BCUT2D eigenvalue weighted by Gasteiger charge is 2.67. The number of carbonyl (C=O) groups is 2. The maximum absolute atomic E-state index is 14.2. The molecule has 4 rings (SSSR count). The largest absolute Gasteiger partial charge is 0.450 e. The molecule has 0 aromatic rings. The van der Waals surface area contributed by atoms with Crippen LogP contribution >= 0.6 is 0 Å². The van der Waals surface area contributed by atoms with Crippen LogP contribution in [0.4, 0.5) is 0 Å². The third-order valence-electron chi connectivity index (χ3n) is 8.80. The fraction of sp³-hybridized carbons (Fsp3) is 0.826. The molecule has 1 aliphatic heterocycles. The number of hydrogen-bond acceptors (Lipinski definition) is 6. The van der Waals surface area contributed by atoms with Crippen molar-refractivity contribution in [2.24, 2.45) is 22.7 Å². The van der Waals surface area contributed by atoms with Gasteiger partial charge in [-0.3, -0.25) is 9.59 Å². The number of aliphatic hydroxyl groups is 2. The van der Waals surface area contributed by atoms with E-state index < -0.39 is 34.6 Å². The summed E-state index contributed by atoms with van der Waals surface area (Å²) >= 11 is 0. The van der Waals surface area contributed by atoms with Crippen molar-refractivity contribution in [3.63, 3.8) is 0 Å². The number of rotatable bonds is 2. The zero-order chi connectivity index (χ0) is 21.4. The van der Waals surface area contributed by atoms with Crippen molar-refractivity contribution >= 4 is 11.8 Å². The van der Waals surface area contributed by atoms with Crippen LogP contribution in [0, 0.1) is 22.7 Å². The number of fused-ring (bicyclic) bond motifs is 5. The lowest BCUT2D eigenvalue weighted by Gasteiger charge is -2.62. The maximum Gasteiger partial charge on any atom is 0.303 e. The second-order valence-corrected chi connectivity index (χ2v) is 10.2. The highest BCUT2D eigenvalue weighted by molar-refractivity contribution is 5.94. The number of carbonyl (C=O) groups excluding carboxylic acids is 2. The quantitative estimate of drug-likeness (QED) is 0.541. The monoisotopic (exact) mass is 406 g/mol. The number of Topliss-reactive ketones (excluding diaryl/α,β-unsaturated/α-hetero) is 1. The second kappa shape index (κ2) is 6.63. The molecule has 0 radical (unpaired) electrons. The van der Waals surface area contributed by atoms with Gasteiger partial charge >= 0.3 is 5.97 Å². The van der Waals surface area contributed by atoms with Gasteiger partial charge in [-0.05, 0) is 44.1 Å². The molecule has 1 heterocycles. The Morgan fingerprint density at radius 3 is 2.59 bits per heavy atom. The Hall–Kier alpha value is -1.24. The molecule has 2 N–H and O–H groups in total. The first-order chi connectivity index (χ1) is 13.5. The summed E-state index contributed by atoms with van der Waals surface area (Å²) < 4.78 is 11.4. The molecule has 7 atom stereocenters. The van der Waals surface area contributed by atoms with E-state index in [2.05, 4.69) is 0 Å². The van der Waals surface area contributed by atoms with Gasteiger partial charge in [-0.1, -0.05) is 26.3 Å². The summed E-state index contributed by atoms with van der Waals surface area (Å²) in [5.74, 6) is -0.796. The SMILES string of the molecule is CCC12C(=O)C(OC(C)=O)C3=C(C)CC[C@@](O)(CC1[C@@H]1CO[C@@H]1CC2O)C3(C)C. The van der Waals surface area contributed by atoms with E-state index in [9.17, 15) is 19.8 Å². The van der Waals surface area contributed by atoms with E-state index in [1.54, 1.807) is 0 Å². The van der Waals surface area contributed by atoms with Gasteiger partial charge in [0.25, 0.3) is 0 Å². The lowest BCUT2D eigenvalue weighted by molar-refractivity contribution is -0.246. The Labute approximate surface area is 172 Å². The molecule has 0 aromatic heterocycles. The maximum atomic E-state index is 14.2. The van der Waals surface area contributed by atoms with Gasteiger partial charge < -0.3 is 19.7 Å². The number of allylic oxidation sites excluding steroid dienone is 1. The van der Waals surface area contributed by atoms with Crippen LogP contribution < -0.4 is 0 Å². The summed E-state index contributed by atoms with van der Waals surface area (Å²) in [6, 6.07) is 0. The second-order valence-electron chi connectivity index (χ2n) is 10.2. The molecule has 4 aliphatic rings. The van der Waals surface area contributed by atoms with Crippen LogP contribution in [0.2, 0.25) is 0 Å². The minimum absolute atomic E-state index is 0.0684. The van der Waals surface area contributed by atoms with E-state index >= 15 is 0 Å². The van der Waals surface area contributed by atoms with E-state index in [1.807, 2.05) is 27.7 Å². The average Bonchev–Trinajstić information content (AvgIpc) is 2.60. The molecule has 6 heteroatoms. The topological polar surface area (TPSA) is 93.1 Å². The number of aliphatic hydroxyl groups excluding tert-OH is 1. The van der Waals surface area contributed by atoms with E-state index in [0.29, 0.717) is 38.7 Å². The zero-order valence-electron chi connectivity index (χ0n) is 18.2. The van der Waals surface area contributed by atoms with E-state index in [4.69, 9.17) is 9.47 Å². The van der Waals surface area contributed by atoms with Crippen molar-refractivity contribution in [2.75, 3.05) is 6.61 Å². The highest BCUT2D eigenvalue weighted by atomic mass is 16.5. The van der Waals surface area contributed by atoms with Gasteiger partial charge in [0, 0.05) is 24.7 Å². The predicted octanol–water partition coefficient (Wildman–Crippen LogP) is 2.55. The minimum atomic E-state index is -1.07. The molecule has 2 saturated carbocycles. The Morgan fingerprint density at radius 2 is 2.03 bits per heavy atom. The first kappa shape index (κ1) is 21.0. The molecule has 3 fully saturated rings. The third kappa shape index (κ3) is 2.64. The predicted molar refractivity (Wildman–Crippen MR) is 106 cm³/mol. The zero-order valence-corrected chi connectivity index (χ0v) is 18.2. The number of esters is 1. The van der Waals surface area contributed by atoms with Crippen LogP contribution in [0.1, 0.15) is 66.7 Å². The van der Waals surface area contributed by atoms with Gasteiger partial charge in [-0.15, -0.1) is 0 Å². The standard InChI is InChI=1S/C23H34O6/c1-6-23-15(14-11-28-16(14)9-17(23)25)10-22(27)8-7-12(2)18(21(22,4)5)19(20(23)26)29-13(3)24/h14-17,19,25,27H,6-11H2,1-5H3/t14-,15?,16+,17?,19?,22+,23?/m0/s1. The van der Waals surface area contributed by atoms with E-state index in [1.165, 1.54) is 6.92 Å². The van der Waals surface area contributed by atoms with Crippen molar-refractivity contribution in [3.8, 4) is 0 Å². The van der Waals surface area contributed by atoms with E-state index in [-0.39, 0.29) is 23.7 Å². The van der Waals surface area contributed by atoms with Gasteiger partial charge in [0.1, 0.15) is 0 Å². The fourth-order valence-electron chi connectivity index (χ4n) is 6.93. The van der Waals surface area contributed by atoms with Crippen molar-refractivity contribution in [2.45, 2.75) is 90.6 Å². The Morgan fingerprint density at radius 1 is 1.34 bits per heavy atom. The van der Waals surface area contributed by atoms with Gasteiger partial charge in [0.15, 0.2) is 11.9 Å². The summed E-state index contributed by atoms with van der Waals surface area (Å²) in [5, 5.41) is 23.2. The molecule has 0 amide bonds. The Bertz CT molecular complexity index is 769. The molecule has 0 spiro atoms. The highest BCUT2D eigenvalue weighted by Crippen LogP contribution is 2.62. The average molecular weight is 407 g/mol. The van der Waals surface area contributed by atoms with Crippen molar-refractivity contribution < 1.29 is 29.3 Å². The summed E-state index contributed by atoms with van der Waals surface area (Å²) in [6.45, 7) is 9.67. The van der Waals surface area contributed by atoms with Crippen LogP contribution in [-0.2, 0) is 19.1 Å². The first-order valence-electron chi connectivity index (χ1n) is 10.9. The normalized spacial score (nSPS) is 46.0. The number of ketones is 1. The molecule has 1 saturated heterocycles. The molecule has 6 nitrogen and oxygen atoms in total. The smallest absolute Gasteiger partial charge is 0.303 e. The molecular formula is C23H34O6. The number of hydrogen-bond donors (Lipinski definition) is 2. The molecular weight excluding hydrogens is 372 g/mol. The third-order valence-corrected chi connectivity index (χ3v) is 8.80. The van der Waals surface area contributed by atoms with Gasteiger partial charge in [-0.2, -0.15) is 0 Å². The summed E-state index contributed by atoms with van der Waals surface area (Å²) in [4.78, 5) is 26.2. The molecule has 162 valence electrons. The van der Waals surface area contributed by atoms with Gasteiger partial charge in [-0.25, -0.2) is 0 Å². The van der Waals surface area contributed by atoms with Crippen LogP contribution in [0.5, 0.6) is 0 Å². The molecule has 2 bridgehead atoms. The van der Waals surface area contributed by atoms with E-state index in [0.717, 1.165) is 11.1 Å². The molecule has 4 unspecified atom stereocenters. The minimum Gasteiger partial charge on any atom is -0.450 e. The molecule has 0 aromatic carbocycles. The van der Waals surface area contributed by atoms with Crippen molar-refractivity contribution in [1.82, 2.24) is 0 Å². The van der Waals surface area contributed by atoms with Crippen LogP contribution in [0.25, 0.3) is 0 Å². The lowest BCUT2D eigenvalue weighted by Crippen LogP contribution is -2.69. The summed E-state index contributed by atoms with van der Waals surface area (Å²) in [6.07, 6.45) is 0.557. The summed E-state index contributed by atoms with van der Waals surface area (Å²) in [7, 11) is 0. The van der Waals surface area contributed by atoms with Crippen LogP contribution in [-0.4, -0.2) is 52.5 Å². The van der Waals surface area contributed by atoms with Crippen LogP contribution in [0.15, 0.2) is 11.1 Å². The van der Waals surface area contributed by atoms with Crippen LogP contribution in [0.3, 0.4) is 0 Å². The lowest BCUT2D eigenvalue weighted by atomic mass is 9.46. The Balaban J connectivity index is 1.95. The molecule has 3 aliphatic carbocycles. The van der Waals surface area contributed by atoms with Crippen molar-refractivity contribution in [1.29, 1.82) is 0 Å². The Kier molecular flexibility index (Phi) is 4.80. The summed E-state index contributed by atoms with van der Waals surface area (Å²) in [5.41, 5.74) is -1.08. The first-order valence-corrected chi connectivity index (χ1v) is 10.9.